The molecule has 0 aliphatic rings. The normalized spacial score (nSPS) is 10.6. The maximum absolute atomic E-state index is 12.3. The van der Waals surface area contributed by atoms with Gasteiger partial charge in [0.25, 0.3) is 0 Å². The molecule has 2 amide bonds. The lowest BCUT2D eigenvalue weighted by Crippen LogP contribution is -2.13. The Bertz CT molecular complexity index is 881. The molecule has 2 aromatic rings. The summed E-state index contributed by atoms with van der Waals surface area (Å²) < 4.78 is 11.0. The number of benzene rings is 2. The molecule has 0 fully saturated rings. The van der Waals surface area contributed by atoms with Crippen LogP contribution in [-0.4, -0.2) is 25.5 Å². The van der Waals surface area contributed by atoms with E-state index in [0.29, 0.717) is 34.5 Å². The Kier molecular flexibility index (Phi) is 7.89. The van der Waals surface area contributed by atoms with Crippen molar-refractivity contribution < 1.29 is 19.1 Å². The van der Waals surface area contributed by atoms with Gasteiger partial charge in [0.1, 0.15) is 0 Å². The Morgan fingerprint density at radius 2 is 1.86 bits per heavy atom. The van der Waals surface area contributed by atoms with Gasteiger partial charge < -0.3 is 20.1 Å². The summed E-state index contributed by atoms with van der Waals surface area (Å²) in [5.74, 6) is 0.647. The topological polar surface area (TPSA) is 76.7 Å². The van der Waals surface area contributed by atoms with Crippen LogP contribution in [0.3, 0.4) is 0 Å². The monoisotopic (exact) mass is 402 g/mol. The zero-order chi connectivity index (χ0) is 20.5. The maximum atomic E-state index is 12.3. The number of halogens is 1. The molecule has 2 N–H and O–H groups in total. The van der Waals surface area contributed by atoms with Crippen LogP contribution >= 0.6 is 11.6 Å². The van der Waals surface area contributed by atoms with E-state index in [9.17, 15) is 9.59 Å². The van der Waals surface area contributed by atoms with Gasteiger partial charge in [0.15, 0.2) is 11.5 Å². The number of hydrogen-bond acceptors (Lipinski definition) is 4. The minimum Gasteiger partial charge on any atom is -0.493 e. The van der Waals surface area contributed by atoms with Gasteiger partial charge in [-0.15, -0.1) is 0 Å². The number of hydrogen-bond donors (Lipinski definition) is 2. The Labute approximate surface area is 169 Å². The van der Waals surface area contributed by atoms with Crippen LogP contribution in [0.1, 0.15) is 25.8 Å². The first-order valence-corrected chi connectivity index (χ1v) is 9.17. The Balaban J connectivity index is 2.12. The number of nitrogens with one attached hydrogen (secondary N) is 2. The molecular formula is C21H23ClN2O4. The van der Waals surface area contributed by atoms with Gasteiger partial charge in [0.2, 0.25) is 11.8 Å². The van der Waals surface area contributed by atoms with E-state index in [1.807, 2.05) is 13.0 Å². The van der Waals surface area contributed by atoms with Crippen LogP contribution < -0.4 is 20.1 Å². The molecule has 2 rings (SSSR count). The number of carbonyl (C=O) groups excluding carboxylic acids is 2. The van der Waals surface area contributed by atoms with Gasteiger partial charge >= 0.3 is 0 Å². The van der Waals surface area contributed by atoms with Crippen LogP contribution in [0.2, 0.25) is 5.02 Å². The van der Waals surface area contributed by atoms with Gasteiger partial charge in [0, 0.05) is 18.0 Å². The van der Waals surface area contributed by atoms with Crippen molar-refractivity contribution in [2.75, 3.05) is 24.4 Å². The van der Waals surface area contributed by atoms with Crippen LogP contribution in [0.15, 0.2) is 42.5 Å². The first kappa shape index (κ1) is 21.3. The van der Waals surface area contributed by atoms with E-state index in [1.54, 1.807) is 43.5 Å². The highest BCUT2D eigenvalue weighted by atomic mass is 35.5. The third-order valence-electron chi connectivity index (χ3n) is 3.63. The number of carbonyl (C=O) groups is 2. The first-order valence-electron chi connectivity index (χ1n) is 8.80. The Morgan fingerprint density at radius 1 is 1.07 bits per heavy atom. The third kappa shape index (κ3) is 6.32. The predicted molar refractivity (Wildman–Crippen MR) is 112 cm³/mol. The first-order chi connectivity index (χ1) is 13.4. The number of methoxy groups -OCH3 is 1. The molecule has 0 heterocycles. The Hall–Kier alpha value is -2.99. The van der Waals surface area contributed by atoms with Crippen molar-refractivity contribution in [3.8, 4) is 11.5 Å². The van der Waals surface area contributed by atoms with Gasteiger partial charge in [-0.1, -0.05) is 24.6 Å². The van der Waals surface area contributed by atoms with Crippen molar-refractivity contribution in [3.05, 3.63) is 53.1 Å². The molecule has 0 bridgehead atoms. The van der Waals surface area contributed by atoms with Crippen molar-refractivity contribution in [2.24, 2.45) is 0 Å². The van der Waals surface area contributed by atoms with Gasteiger partial charge in [0.05, 0.1) is 25.1 Å². The van der Waals surface area contributed by atoms with Crippen LogP contribution in [0.4, 0.5) is 11.4 Å². The van der Waals surface area contributed by atoms with E-state index >= 15 is 0 Å². The third-order valence-corrected chi connectivity index (χ3v) is 3.86. The minimum absolute atomic E-state index is 0.245. The summed E-state index contributed by atoms with van der Waals surface area (Å²) in [6, 6.07) is 10.3. The quantitative estimate of drug-likeness (QED) is 0.625. The zero-order valence-corrected chi connectivity index (χ0v) is 16.8. The van der Waals surface area contributed by atoms with E-state index in [0.717, 1.165) is 12.0 Å². The summed E-state index contributed by atoms with van der Waals surface area (Å²) in [4.78, 5) is 23.6. The fraction of sp³-hybridized carbons (Fsp3) is 0.238. The van der Waals surface area contributed by atoms with Crippen LogP contribution in [-0.2, 0) is 9.59 Å². The van der Waals surface area contributed by atoms with Gasteiger partial charge in [-0.25, -0.2) is 0 Å². The highest BCUT2D eigenvalue weighted by Crippen LogP contribution is 2.29. The van der Waals surface area contributed by atoms with Crippen molar-refractivity contribution in [1.29, 1.82) is 0 Å². The molecule has 0 aliphatic carbocycles. The molecule has 0 radical (unpaired) electrons. The molecule has 0 aliphatic heterocycles. The van der Waals surface area contributed by atoms with Gasteiger partial charge in [-0.2, -0.15) is 0 Å². The largest absolute Gasteiger partial charge is 0.493 e. The average molecular weight is 403 g/mol. The molecule has 0 saturated carbocycles. The standard InChI is InChI=1S/C21H23ClN2O4/c1-4-11-28-19-9-5-15(12-20(19)27-3)6-10-21(26)24-18-13-16(22)7-8-17(18)23-14(2)25/h5-10,12-13H,4,11H2,1-3H3,(H,23,25)(H,24,26). The molecule has 0 atom stereocenters. The van der Waals surface area contributed by atoms with Crippen molar-refractivity contribution in [1.82, 2.24) is 0 Å². The maximum Gasteiger partial charge on any atom is 0.248 e. The van der Waals surface area contributed by atoms with E-state index in [2.05, 4.69) is 10.6 Å². The minimum atomic E-state index is -0.362. The van der Waals surface area contributed by atoms with Crippen molar-refractivity contribution in [2.45, 2.75) is 20.3 Å². The lowest BCUT2D eigenvalue weighted by molar-refractivity contribution is -0.114. The van der Waals surface area contributed by atoms with Gasteiger partial charge in [-0.05, 0) is 48.4 Å². The molecule has 0 spiro atoms. The predicted octanol–water partition coefficient (Wildman–Crippen LogP) is 4.75. The average Bonchev–Trinajstić information content (AvgIpc) is 2.66. The molecule has 148 valence electrons. The van der Waals surface area contributed by atoms with Crippen LogP contribution in [0.5, 0.6) is 11.5 Å². The highest BCUT2D eigenvalue weighted by Gasteiger charge is 2.08. The van der Waals surface area contributed by atoms with E-state index in [1.165, 1.54) is 13.0 Å². The number of anilines is 2. The van der Waals surface area contributed by atoms with Crippen molar-refractivity contribution in [3.63, 3.8) is 0 Å². The molecule has 6 nitrogen and oxygen atoms in total. The molecular weight excluding hydrogens is 380 g/mol. The second kappa shape index (κ2) is 10.4. The fourth-order valence-electron chi connectivity index (χ4n) is 2.38. The lowest BCUT2D eigenvalue weighted by atomic mass is 10.2. The molecule has 28 heavy (non-hydrogen) atoms. The molecule has 0 unspecified atom stereocenters. The summed E-state index contributed by atoms with van der Waals surface area (Å²) in [6.07, 6.45) is 3.94. The van der Waals surface area contributed by atoms with E-state index in [4.69, 9.17) is 21.1 Å². The summed E-state index contributed by atoms with van der Waals surface area (Å²) in [6.45, 7) is 4.02. The lowest BCUT2D eigenvalue weighted by Gasteiger charge is -2.11. The zero-order valence-electron chi connectivity index (χ0n) is 16.0. The highest BCUT2D eigenvalue weighted by molar-refractivity contribution is 6.31. The number of amides is 2. The van der Waals surface area contributed by atoms with E-state index in [-0.39, 0.29) is 11.8 Å². The molecule has 7 heteroatoms. The van der Waals surface area contributed by atoms with E-state index < -0.39 is 0 Å². The fourth-order valence-corrected chi connectivity index (χ4v) is 2.56. The molecule has 2 aromatic carbocycles. The SMILES string of the molecule is CCCOc1ccc(C=CC(=O)Nc2cc(Cl)ccc2NC(C)=O)cc1OC. The van der Waals surface area contributed by atoms with Gasteiger partial charge in [-0.3, -0.25) is 9.59 Å². The summed E-state index contributed by atoms with van der Waals surface area (Å²) in [5, 5.41) is 5.81. The summed E-state index contributed by atoms with van der Waals surface area (Å²) >= 11 is 5.99. The number of rotatable bonds is 8. The molecule has 0 saturated heterocycles. The summed E-state index contributed by atoms with van der Waals surface area (Å²) in [7, 11) is 1.57. The number of ether oxygens (including phenoxy) is 2. The van der Waals surface area contributed by atoms with Crippen LogP contribution in [0.25, 0.3) is 6.08 Å². The smallest absolute Gasteiger partial charge is 0.248 e. The van der Waals surface area contributed by atoms with Crippen molar-refractivity contribution >= 4 is 40.9 Å². The Morgan fingerprint density at radius 3 is 2.54 bits per heavy atom. The summed E-state index contributed by atoms with van der Waals surface area (Å²) in [5.41, 5.74) is 1.67. The second-order valence-electron chi connectivity index (χ2n) is 5.95. The second-order valence-corrected chi connectivity index (χ2v) is 6.39. The van der Waals surface area contributed by atoms with Crippen LogP contribution in [0, 0.1) is 0 Å². The molecule has 0 aromatic heterocycles.